The first-order chi connectivity index (χ1) is 25.7. The van der Waals surface area contributed by atoms with Gasteiger partial charge in [-0.1, -0.05) is 139 Å². The predicted octanol–water partition coefficient (Wildman–Crippen LogP) is 10.3. The number of ether oxygens (including phenoxy) is 2. The summed E-state index contributed by atoms with van der Waals surface area (Å²) < 4.78 is 32.5. The molecule has 3 N–H and O–H groups in total. The number of carbonyl (C=O) groups is 2. The third-order valence-electron chi connectivity index (χ3n) is 8.17. The monoisotopic (exact) mass is 768 g/mol. The zero-order valence-corrected chi connectivity index (χ0v) is 33.9. The summed E-state index contributed by atoms with van der Waals surface area (Å²) in [5.41, 5.74) is 0. The molecule has 53 heavy (non-hydrogen) atoms. The molecule has 3 atom stereocenters. The quantitative estimate of drug-likeness (QED) is 0.0241. The molecule has 0 aliphatic rings. The van der Waals surface area contributed by atoms with E-state index in [2.05, 4.69) is 67.0 Å². The van der Waals surface area contributed by atoms with Crippen molar-refractivity contribution in [1.29, 1.82) is 0 Å². The van der Waals surface area contributed by atoms with Crippen molar-refractivity contribution < 1.29 is 47.8 Å². The van der Waals surface area contributed by atoms with Crippen molar-refractivity contribution in [3.63, 3.8) is 0 Å². The van der Waals surface area contributed by atoms with Gasteiger partial charge in [0.1, 0.15) is 12.7 Å². The van der Waals surface area contributed by atoms with Gasteiger partial charge in [0.05, 0.1) is 19.8 Å². The summed E-state index contributed by atoms with van der Waals surface area (Å²) in [5, 5.41) is 18.3. The Morgan fingerprint density at radius 2 is 1.08 bits per heavy atom. The lowest BCUT2D eigenvalue weighted by Crippen LogP contribution is -2.29. The second kappa shape index (κ2) is 38.0. The lowest BCUT2D eigenvalue weighted by Gasteiger charge is -2.20. The van der Waals surface area contributed by atoms with Crippen molar-refractivity contribution in [2.75, 3.05) is 26.4 Å². The minimum Gasteiger partial charge on any atom is -0.462 e. The van der Waals surface area contributed by atoms with Crippen molar-refractivity contribution in [2.45, 2.75) is 167 Å². The molecule has 0 aliphatic carbocycles. The molecule has 11 heteroatoms. The smallest absolute Gasteiger partial charge is 0.462 e. The molecule has 0 saturated heterocycles. The molecule has 0 bridgehead atoms. The van der Waals surface area contributed by atoms with Crippen LogP contribution in [-0.4, -0.2) is 65.7 Å². The van der Waals surface area contributed by atoms with Gasteiger partial charge >= 0.3 is 19.8 Å². The maximum absolute atomic E-state index is 12.5. The molecule has 0 amide bonds. The van der Waals surface area contributed by atoms with Crippen molar-refractivity contribution >= 4 is 19.8 Å². The Hall–Kier alpha value is -2.33. The number of rotatable bonds is 37. The topological polar surface area (TPSA) is 149 Å². The van der Waals surface area contributed by atoms with Gasteiger partial charge < -0.3 is 24.6 Å². The summed E-state index contributed by atoms with van der Waals surface area (Å²) >= 11 is 0. The van der Waals surface area contributed by atoms with E-state index >= 15 is 0 Å². The van der Waals surface area contributed by atoms with Crippen molar-refractivity contribution in [3.8, 4) is 0 Å². The van der Waals surface area contributed by atoms with Crippen molar-refractivity contribution in [3.05, 3.63) is 60.8 Å². The van der Waals surface area contributed by atoms with Crippen molar-refractivity contribution in [1.82, 2.24) is 0 Å². The van der Waals surface area contributed by atoms with Crippen LogP contribution in [0.1, 0.15) is 155 Å². The first-order valence-electron chi connectivity index (χ1n) is 20.2. The van der Waals surface area contributed by atoms with E-state index in [1.807, 2.05) is 12.2 Å². The summed E-state index contributed by atoms with van der Waals surface area (Å²) in [6, 6.07) is 0. The number of phosphoric acid groups is 1. The van der Waals surface area contributed by atoms with E-state index in [4.69, 9.17) is 19.1 Å². The lowest BCUT2D eigenvalue weighted by molar-refractivity contribution is -0.161. The van der Waals surface area contributed by atoms with Crippen LogP contribution in [0, 0.1) is 0 Å². The highest BCUT2D eigenvalue weighted by Crippen LogP contribution is 2.43. The number of aliphatic hydroxyl groups is 2. The first-order valence-corrected chi connectivity index (χ1v) is 21.7. The van der Waals surface area contributed by atoms with Crippen LogP contribution in [0.5, 0.6) is 0 Å². The fourth-order valence-corrected chi connectivity index (χ4v) is 5.85. The SMILES string of the molecule is CC/C=C\C/C=C\C/C=C\C/C=C\CCC(=O)OC(COC(=O)CCCCCCCCC/C=C\CCCCCCCC)COP(=O)(O)OCC(O)CO. The molecule has 0 radical (unpaired) electrons. The normalized spacial score (nSPS) is 14.6. The number of aliphatic hydroxyl groups excluding tert-OH is 2. The lowest BCUT2D eigenvalue weighted by atomic mass is 10.1. The van der Waals surface area contributed by atoms with E-state index in [0.29, 0.717) is 12.8 Å². The molecule has 0 spiro atoms. The summed E-state index contributed by atoms with van der Waals surface area (Å²) in [4.78, 5) is 34.8. The Labute approximate surface area is 321 Å². The molecule has 0 aliphatic heterocycles. The van der Waals surface area contributed by atoms with Crippen LogP contribution in [0.25, 0.3) is 0 Å². The van der Waals surface area contributed by atoms with E-state index in [0.717, 1.165) is 51.4 Å². The van der Waals surface area contributed by atoms with Crippen LogP contribution < -0.4 is 0 Å². The molecule has 0 aromatic carbocycles. The molecular weight excluding hydrogens is 695 g/mol. The van der Waals surface area contributed by atoms with Gasteiger partial charge in [0.15, 0.2) is 6.10 Å². The van der Waals surface area contributed by atoms with Gasteiger partial charge in [0.2, 0.25) is 0 Å². The second-order valence-corrected chi connectivity index (χ2v) is 14.7. The molecule has 0 rings (SSSR count). The Balaban J connectivity index is 4.41. The van der Waals surface area contributed by atoms with Gasteiger partial charge in [-0.25, -0.2) is 4.57 Å². The fourth-order valence-electron chi connectivity index (χ4n) is 5.06. The van der Waals surface area contributed by atoms with E-state index in [-0.39, 0.29) is 19.4 Å². The minimum absolute atomic E-state index is 0.0601. The van der Waals surface area contributed by atoms with Gasteiger partial charge in [-0.2, -0.15) is 0 Å². The van der Waals surface area contributed by atoms with Gasteiger partial charge in [0, 0.05) is 12.8 Å². The van der Waals surface area contributed by atoms with Gasteiger partial charge in [-0.05, 0) is 64.2 Å². The van der Waals surface area contributed by atoms with Crippen molar-refractivity contribution in [2.24, 2.45) is 0 Å². The Morgan fingerprint density at radius 3 is 1.64 bits per heavy atom. The maximum Gasteiger partial charge on any atom is 0.472 e. The molecule has 0 heterocycles. The molecule has 0 aromatic heterocycles. The summed E-state index contributed by atoms with van der Waals surface area (Å²) in [6.07, 6.45) is 40.7. The molecule has 0 aromatic rings. The van der Waals surface area contributed by atoms with Gasteiger partial charge in [-0.3, -0.25) is 18.6 Å². The number of allylic oxidation sites excluding steroid dienone is 10. The number of phosphoric ester groups is 1. The largest absolute Gasteiger partial charge is 0.472 e. The van der Waals surface area contributed by atoms with E-state index in [9.17, 15) is 24.2 Å². The Bertz CT molecular complexity index is 1070. The zero-order valence-electron chi connectivity index (χ0n) is 33.0. The van der Waals surface area contributed by atoms with Crippen LogP contribution in [0.4, 0.5) is 0 Å². The molecule has 10 nitrogen and oxygen atoms in total. The molecule has 0 fully saturated rings. The van der Waals surface area contributed by atoms with Gasteiger partial charge in [0.25, 0.3) is 0 Å². The Kier molecular flexibility index (Phi) is 36.3. The number of hydrogen-bond donors (Lipinski definition) is 3. The molecular formula is C42H73O10P. The van der Waals surface area contributed by atoms with Crippen LogP contribution in [-0.2, 0) is 32.7 Å². The molecule has 0 saturated carbocycles. The number of hydrogen-bond acceptors (Lipinski definition) is 9. The van der Waals surface area contributed by atoms with Crippen LogP contribution in [0.15, 0.2) is 60.8 Å². The zero-order chi connectivity index (χ0) is 39.1. The standard InChI is InChI=1S/C42H73O10P/c1-3-5-7-9-11-13-15-17-18-19-20-22-23-25-27-29-31-33-41(45)49-37-40(38-51-53(47,48)50-36-39(44)35-43)52-42(46)34-32-30-28-26-24-21-16-14-12-10-8-6-4-2/h6,8,12,14,17-18,21,24,28,30,39-40,43-44H,3-5,7,9-11,13,15-16,19-20,22-23,25-27,29,31-38H2,1-2H3,(H,47,48)/b8-6-,14-12-,18-17-,24-21-,30-28-. The predicted molar refractivity (Wildman–Crippen MR) is 214 cm³/mol. The maximum atomic E-state index is 12.5. The van der Waals surface area contributed by atoms with Crippen LogP contribution >= 0.6 is 7.82 Å². The summed E-state index contributed by atoms with van der Waals surface area (Å²) in [6.45, 7) is 2.15. The number of unbranched alkanes of at least 4 members (excludes halogenated alkanes) is 13. The van der Waals surface area contributed by atoms with E-state index in [1.165, 1.54) is 64.2 Å². The number of esters is 2. The van der Waals surface area contributed by atoms with Crippen LogP contribution in [0.3, 0.4) is 0 Å². The average molecular weight is 769 g/mol. The molecule has 306 valence electrons. The first kappa shape index (κ1) is 50.7. The summed E-state index contributed by atoms with van der Waals surface area (Å²) in [5.74, 6) is -1.03. The number of carbonyl (C=O) groups excluding carboxylic acids is 2. The third kappa shape index (κ3) is 37.8. The highest BCUT2D eigenvalue weighted by atomic mass is 31.2. The third-order valence-corrected chi connectivity index (χ3v) is 9.12. The Morgan fingerprint density at radius 1 is 0.585 bits per heavy atom. The van der Waals surface area contributed by atoms with E-state index < -0.39 is 51.8 Å². The average Bonchev–Trinajstić information content (AvgIpc) is 3.14. The van der Waals surface area contributed by atoms with Crippen LogP contribution in [0.2, 0.25) is 0 Å². The van der Waals surface area contributed by atoms with Gasteiger partial charge in [-0.15, -0.1) is 0 Å². The second-order valence-electron chi connectivity index (χ2n) is 13.3. The molecule has 3 unspecified atom stereocenters. The highest BCUT2D eigenvalue weighted by molar-refractivity contribution is 7.47. The highest BCUT2D eigenvalue weighted by Gasteiger charge is 2.27. The minimum atomic E-state index is -4.63. The fraction of sp³-hybridized carbons (Fsp3) is 0.714. The van der Waals surface area contributed by atoms with E-state index in [1.54, 1.807) is 0 Å². The summed E-state index contributed by atoms with van der Waals surface area (Å²) in [7, 11) is -4.63.